The Labute approximate surface area is 113 Å². The zero-order chi connectivity index (χ0) is 12.7. The average Bonchev–Trinajstić information content (AvgIpc) is 2.80. The second-order valence-electron chi connectivity index (χ2n) is 5.65. The van der Waals surface area contributed by atoms with E-state index in [2.05, 4.69) is 51.3 Å². The lowest BCUT2D eigenvalue weighted by molar-refractivity contribution is 0.250. The van der Waals surface area contributed by atoms with Crippen molar-refractivity contribution in [2.75, 3.05) is 31.1 Å². The summed E-state index contributed by atoms with van der Waals surface area (Å²) in [6, 6.07) is 11.4. The number of nitrogens with zero attached hydrogens (tertiary/aromatic N) is 3. The van der Waals surface area contributed by atoms with Crippen molar-refractivity contribution in [1.29, 1.82) is 0 Å². The second-order valence-corrected chi connectivity index (χ2v) is 5.65. The van der Waals surface area contributed by atoms with Crippen LogP contribution in [0.1, 0.15) is 12.8 Å². The first kappa shape index (κ1) is 11.2. The highest BCUT2D eigenvalue weighted by Gasteiger charge is 2.29. The first-order chi connectivity index (χ1) is 9.40. The molecule has 1 aromatic heterocycles. The fourth-order valence-corrected chi connectivity index (χ4v) is 3.44. The Morgan fingerprint density at radius 2 is 1.84 bits per heavy atom. The van der Waals surface area contributed by atoms with E-state index in [-0.39, 0.29) is 0 Å². The zero-order valence-corrected chi connectivity index (χ0v) is 11.1. The summed E-state index contributed by atoms with van der Waals surface area (Å²) in [6.07, 6.45) is 4.65. The molecule has 2 bridgehead atoms. The van der Waals surface area contributed by atoms with Crippen LogP contribution in [0, 0.1) is 0 Å². The van der Waals surface area contributed by atoms with Gasteiger partial charge in [0.15, 0.2) is 0 Å². The molecule has 98 valence electrons. The van der Waals surface area contributed by atoms with Gasteiger partial charge < -0.3 is 9.80 Å². The third-order valence-corrected chi connectivity index (χ3v) is 4.56. The third-order valence-electron chi connectivity index (χ3n) is 4.56. The van der Waals surface area contributed by atoms with E-state index in [1.165, 1.54) is 43.5 Å². The summed E-state index contributed by atoms with van der Waals surface area (Å²) < 4.78 is 0. The van der Waals surface area contributed by atoms with E-state index in [9.17, 15) is 0 Å². The predicted octanol–water partition coefficient (Wildman–Crippen LogP) is 2.52. The van der Waals surface area contributed by atoms with Gasteiger partial charge in [0.2, 0.25) is 0 Å². The number of para-hydroxylation sites is 1. The first-order valence-electron chi connectivity index (χ1n) is 7.24. The minimum absolute atomic E-state index is 0.710. The van der Waals surface area contributed by atoms with E-state index in [1.807, 2.05) is 0 Å². The molecule has 0 amide bonds. The monoisotopic (exact) mass is 253 g/mol. The van der Waals surface area contributed by atoms with Crippen molar-refractivity contribution in [2.24, 2.45) is 0 Å². The van der Waals surface area contributed by atoms with E-state index < -0.39 is 0 Å². The van der Waals surface area contributed by atoms with Gasteiger partial charge in [-0.2, -0.15) is 0 Å². The first-order valence-corrected chi connectivity index (χ1v) is 7.24. The summed E-state index contributed by atoms with van der Waals surface area (Å²) in [5.41, 5.74) is 2.39. The van der Waals surface area contributed by atoms with Gasteiger partial charge in [-0.3, -0.25) is 4.98 Å². The van der Waals surface area contributed by atoms with Crippen molar-refractivity contribution in [2.45, 2.75) is 18.9 Å². The second kappa shape index (κ2) is 4.49. The Hall–Kier alpha value is -1.61. The molecule has 0 atom stereocenters. The molecule has 3 aliphatic rings. The van der Waals surface area contributed by atoms with Gasteiger partial charge in [0.1, 0.15) is 0 Å². The molecule has 0 radical (unpaired) electrons. The predicted molar refractivity (Wildman–Crippen MR) is 78.6 cm³/mol. The maximum atomic E-state index is 4.61. The van der Waals surface area contributed by atoms with Crippen LogP contribution < -0.4 is 4.90 Å². The van der Waals surface area contributed by atoms with E-state index in [4.69, 9.17) is 0 Å². The van der Waals surface area contributed by atoms with Crippen molar-refractivity contribution in [1.82, 2.24) is 9.88 Å². The zero-order valence-electron chi connectivity index (χ0n) is 11.1. The normalized spacial score (nSPS) is 26.6. The molecule has 0 spiro atoms. The van der Waals surface area contributed by atoms with Gasteiger partial charge in [-0.1, -0.05) is 18.2 Å². The summed E-state index contributed by atoms with van der Waals surface area (Å²) in [5.74, 6) is 0. The maximum Gasteiger partial charge on any atom is 0.0703 e. The van der Waals surface area contributed by atoms with Gasteiger partial charge in [0.05, 0.1) is 17.4 Å². The van der Waals surface area contributed by atoms with Crippen LogP contribution in [0.3, 0.4) is 0 Å². The summed E-state index contributed by atoms with van der Waals surface area (Å²) in [5, 5.41) is 1.25. The highest BCUT2D eigenvalue weighted by atomic mass is 15.3. The number of piperidine rings is 1. The van der Waals surface area contributed by atoms with Crippen molar-refractivity contribution >= 4 is 16.6 Å². The number of anilines is 1. The topological polar surface area (TPSA) is 19.4 Å². The van der Waals surface area contributed by atoms with Crippen LogP contribution in [0.2, 0.25) is 0 Å². The standard InChI is InChI=1S/C16H19N3/c1-2-4-16-13(3-1)11-15(12-17-16)19-10-9-18-7-5-14(19)6-8-18/h1-4,11-12,14H,5-10H2. The third kappa shape index (κ3) is 1.98. The van der Waals surface area contributed by atoms with Crippen LogP contribution in [0.25, 0.3) is 10.9 Å². The molecule has 3 aliphatic heterocycles. The van der Waals surface area contributed by atoms with Crippen LogP contribution in [0.4, 0.5) is 5.69 Å². The lowest BCUT2D eigenvalue weighted by Crippen LogP contribution is -2.37. The molecule has 3 heteroatoms. The summed E-state index contributed by atoms with van der Waals surface area (Å²) in [4.78, 5) is 9.78. The molecule has 0 unspecified atom stereocenters. The molecule has 3 fully saturated rings. The Balaban J connectivity index is 1.72. The molecule has 0 N–H and O–H groups in total. The molecule has 2 aromatic rings. The summed E-state index contributed by atoms with van der Waals surface area (Å²) in [6.45, 7) is 4.87. The average molecular weight is 253 g/mol. The van der Waals surface area contributed by atoms with Gasteiger partial charge >= 0.3 is 0 Å². The molecular formula is C16H19N3. The minimum Gasteiger partial charge on any atom is -0.366 e. The molecule has 4 heterocycles. The number of pyridine rings is 1. The van der Waals surface area contributed by atoms with E-state index in [1.54, 1.807) is 0 Å². The molecule has 0 aliphatic carbocycles. The molecular weight excluding hydrogens is 234 g/mol. The van der Waals surface area contributed by atoms with Gasteiger partial charge in [-0.15, -0.1) is 0 Å². The van der Waals surface area contributed by atoms with Crippen LogP contribution in [-0.2, 0) is 0 Å². The number of hydrogen-bond donors (Lipinski definition) is 0. The lowest BCUT2D eigenvalue weighted by atomic mass is 10.0. The lowest BCUT2D eigenvalue weighted by Gasteiger charge is -2.32. The number of benzene rings is 1. The number of rotatable bonds is 1. The van der Waals surface area contributed by atoms with E-state index in [0.717, 1.165) is 12.1 Å². The summed E-state index contributed by atoms with van der Waals surface area (Å²) in [7, 11) is 0. The van der Waals surface area contributed by atoms with Crippen LogP contribution >= 0.6 is 0 Å². The van der Waals surface area contributed by atoms with Crippen LogP contribution in [0.5, 0.6) is 0 Å². The Morgan fingerprint density at radius 3 is 2.74 bits per heavy atom. The number of fused-ring (bicyclic) bond motifs is 5. The van der Waals surface area contributed by atoms with Crippen molar-refractivity contribution in [3.05, 3.63) is 36.5 Å². The largest absolute Gasteiger partial charge is 0.366 e. The quantitative estimate of drug-likeness (QED) is 0.778. The van der Waals surface area contributed by atoms with Gasteiger partial charge in [0, 0.05) is 37.6 Å². The molecule has 5 rings (SSSR count). The van der Waals surface area contributed by atoms with Crippen LogP contribution in [-0.4, -0.2) is 42.1 Å². The van der Waals surface area contributed by atoms with Crippen molar-refractivity contribution in [3.8, 4) is 0 Å². The minimum atomic E-state index is 0.710. The molecule has 3 saturated heterocycles. The van der Waals surface area contributed by atoms with E-state index >= 15 is 0 Å². The van der Waals surface area contributed by atoms with Gasteiger partial charge in [-0.25, -0.2) is 0 Å². The van der Waals surface area contributed by atoms with Gasteiger partial charge in [-0.05, 0) is 25.0 Å². The van der Waals surface area contributed by atoms with Gasteiger partial charge in [0.25, 0.3) is 0 Å². The van der Waals surface area contributed by atoms with E-state index in [0.29, 0.717) is 6.04 Å². The van der Waals surface area contributed by atoms with Crippen molar-refractivity contribution in [3.63, 3.8) is 0 Å². The number of hydrogen-bond acceptors (Lipinski definition) is 3. The number of aromatic nitrogens is 1. The molecule has 3 nitrogen and oxygen atoms in total. The van der Waals surface area contributed by atoms with Crippen molar-refractivity contribution < 1.29 is 0 Å². The molecule has 0 saturated carbocycles. The highest BCUT2D eigenvalue weighted by molar-refractivity contribution is 5.81. The smallest absolute Gasteiger partial charge is 0.0703 e. The Morgan fingerprint density at radius 1 is 1.00 bits per heavy atom. The van der Waals surface area contributed by atoms with Crippen LogP contribution in [0.15, 0.2) is 36.5 Å². The molecule has 19 heavy (non-hydrogen) atoms. The highest BCUT2D eigenvalue weighted by Crippen LogP contribution is 2.28. The summed E-state index contributed by atoms with van der Waals surface area (Å²) >= 11 is 0. The fraction of sp³-hybridized carbons (Fsp3) is 0.438. The SMILES string of the molecule is c1ccc2ncc(N3CCN4CCC3CC4)cc2c1. The maximum absolute atomic E-state index is 4.61. The Bertz CT molecular complexity index is 587. The molecule has 1 aromatic carbocycles. The fourth-order valence-electron chi connectivity index (χ4n) is 3.44. The Kier molecular flexibility index (Phi) is 2.66.